The van der Waals surface area contributed by atoms with Gasteiger partial charge in [-0.1, -0.05) is 68.4 Å². The number of aryl methyl sites for hydroxylation is 1. The van der Waals surface area contributed by atoms with Crippen molar-refractivity contribution < 1.29 is 0 Å². The zero-order valence-electron chi connectivity index (χ0n) is 13.5. The minimum atomic E-state index is 0.533. The highest BCUT2D eigenvalue weighted by Crippen LogP contribution is 2.22. The highest BCUT2D eigenvalue weighted by Gasteiger charge is 2.13. The third-order valence-electron chi connectivity index (χ3n) is 3.94. The smallest absolute Gasteiger partial charge is 0.00234 e. The Hall–Kier alpha value is -1.60. The van der Waals surface area contributed by atoms with Crippen LogP contribution in [0.2, 0.25) is 0 Å². The van der Waals surface area contributed by atoms with Gasteiger partial charge in [0, 0.05) is 12.5 Å². The highest BCUT2D eigenvalue weighted by molar-refractivity contribution is 5.29. The van der Waals surface area contributed by atoms with Gasteiger partial charge in [-0.2, -0.15) is 0 Å². The molecule has 0 radical (unpaired) electrons. The number of hydrogen-bond acceptors (Lipinski definition) is 1. The Morgan fingerprint density at radius 3 is 2.19 bits per heavy atom. The summed E-state index contributed by atoms with van der Waals surface area (Å²) in [7, 11) is 0. The molecule has 2 aromatic carbocycles. The third kappa shape index (κ3) is 5.02. The van der Waals surface area contributed by atoms with Crippen molar-refractivity contribution in [1.29, 1.82) is 0 Å². The summed E-state index contributed by atoms with van der Waals surface area (Å²) in [6.45, 7) is 8.84. The first-order valence-corrected chi connectivity index (χ1v) is 7.97. The summed E-state index contributed by atoms with van der Waals surface area (Å²) in [6, 6.07) is 19.6. The van der Waals surface area contributed by atoms with Gasteiger partial charge in [-0.3, -0.25) is 0 Å². The molecule has 21 heavy (non-hydrogen) atoms. The van der Waals surface area contributed by atoms with Crippen molar-refractivity contribution in [2.45, 2.75) is 33.1 Å². The van der Waals surface area contributed by atoms with E-state index >= 15 is 0 Å². The Labute approximate surface area is 129 Å². The van der Waals surface area contributed by atoms with Gasteiger partial charge in [0.2, 0.25) is 0 Å². The van der Waals surface area contributed by atoms with Crippen LogP contribution in [-0.4, -0.2) is 13.1 Å². The van der Waals surface area contributed by atoms with Crippen LogP contribution in [0.15, 0.2) is 54.6 Å². The summed E-state index contributed by atoms with van der Waals surface area (Å²) in [5.74, 6) is 1.23. The molecule has 0 bridgehead atoms. The lowest BCUT2D eigenvalue weighted by Crippen LogP contribution is -2.26. The Bertz CT molecular complexity index is 531. The molecule has 1 nitrogen and oxygen atoms in total. The van der Waals surface area contributed by atoms with Crippen LogP contribution in [0.4, 0.5) is 0 Å². The third-order valence-corrected chi connectivity index (χ3v) is 3.94. The molecule has 0 aliphatic carbocycles. The molecule has 0 heterocycles. The minimum Gasteiger partial charge on any atom is -0.316 e. The lowest BCUT2D eigenvalue weighted by Gasteiger charge is -2.20. The van der Waals surface area contributed by atoms with Crippen molar-refractivity contribution >= 4 is 0 Å². The van der Waals surface area contributed by atoms with Crippen LogP contribution < -0.4 is 5.32 Å². The maximum Gasteiger partial charge on any atom is 0.00234 e. The highest BCUT2D eigenvalue weighted by atomic mass is 14.9. The molecule has 112 valence electrons. The summed E-state index contributed by atoms with van der Waals surface area (Å²) in [4.78, 5) is 0. The van der Waals surface area contributed by atoms with Gasteiger partial charge in [0.1, 0.15) is 0 Å². The molecule has 0 fully saturated rings. The van der Waals surface area contributed by atoms with E-state index < -0.39 is 0 Å². The quantitative estimate of drug-likeness (QED) is 0.784. The monoisotopic (exact) mass is 281 g/mol. The first-order chi connectivity index (χ1) is 10.2. The molecule has 1 N–H and O–H groups in total. The number of nitrogens with one attached hydrogen (secondary N) is 1. The number of hydrogen-bond donors (Lipinski definition) is 1. The fourth-order valence-electron chi connectivity index (χ4n) is 2.68. The fraction of sp³-hybridized carbons (Fsp3) is 0.400. The maximum atomic E-state index is 3.62. The van der Waals surface area contributed by atoms with E-state index in [2.05, 4.69) is 80.7 Å². The van der Waals surface area contributed by atoms with Crippen LogP contribution in [-0.2, 0) is 6.42 Å². The van der Waals surface area contributed by atoms with E-state index in [1.54, 1.807) is 0 Å². The van der Waals surface area contributed by atoms with Gasteiger partial charge < -0.3 is 5.32 Å². The standard InChI is InChI=1S/C20H27N/c1-16(2)14-21-15-20(18-10-5-4-6-11-18)13-19-12-8-7-9-17(19)3/h4-12,16,20-21H,13-15H2,1-3H3. The van der Waals surface area contributed by atoms with E-state index in [0.717, 1.165) is 19.5 Å². The van der Waals surface area contributed by atoms with Crippen molar-refractivity contribution in [1.82, 2.24) is 5.32 Å². The Balaban J connectivity index is 2.10. The molecule has 2 aromatic rings. The van der Waals surface area contributed by atoms with E-state index in [0.29, 0.717) is 11.8 Å². The molecule has 0 saturated heterocycles. The summed E-state index contributed by atoms with van der Waals surface area (Å²) in [5.41, 5.74) is 4.27. The van der Waals surface area contributed by atoms with Crippen molar-refractivity contribution in [3.05, 3.63) is 71.3 Å². The first kappa shape index (κ1) is 15.8. The lowest BCUT2D eigenvalue weighted by atomic mass is 9.90. The van der Waals surface area contributed by atoms with Crippen LogP contribution in [0, 0.1) is 12.8 Å². The maximum absolute atomic E-state index is 3.62. The Morgan fingerprint density at radius 2 is 1.52 bits per heavy atom. The largest absolute Gasteiger partial charge is 0.316 e. The van der Waals surface area contributed by atoms with Crippen molar-refractivity contribution in [2.75, 3.05) is 13.1 Å². The molecule has 0 aliphatic rings. The lowest BCUT2D eigenvalue weighted by molar-refractivity contribution is 0.514. The second-order valence-corrected chi connectivity index (χ2v) is 6.29. The summed E-state index contributed by atoms with van der Waals surface area (Å²) >= 11 is 0. The van der Waals surface area contributed by atoms with E-state index in [9.17, 15) is 0 Å². The number of benzene rings is 2. The minimum absolute atomic E-state index is 0.533. The molecule has 0 spiro atoms. The fourth-order valence-corrected chi connectivity index (χ4v) is 2.68. The molecular formula is C20H27N. The second-order valence-electron chi connectivity index (χ2n) is 6.29. The van der Waals surface area contributed by atoms with Gasteiger partial charge in [0.15, 0.2) is 0 Å². The van der Waals surface area contributed by atoms with Gasteiger partial charge in [-0.15, -0.1) is 0 Å². The molecule has 2 rings (SSSR count). The van der Waals surface area contributed by atoms with Crippen LogP contribution in [0.1, 0.15) is 36.5 Å². The van der Waals surface area contributed by atoms with Crippen molar-refractivity contribution in [2.24, 2.45) is 5.92 Å². The molecule has 0 aliphatic heterocycles. The molecular weight excluding hydrogens is 254 g/mol. The van der Waals surface area contributed by atoms with Gasteiger partial charge in [-0.25, -0.2) is 0 Å². The summed E-state index contributed by atoms with van der Waals surface area (Å²) in [6.07, 6.45) is 1.10. The summed E-state index contributed by atoms with van der Waals surface area (Å²) in [5, 5.41) is 3.62. The van der Waals surface area contributed by atoms with Crippen molar-refractivity contribution in [3.63, 3.8) is 0 Å². The normalized spacial score (nSPS) is 12.6. The predicted octanol–water partition coefficient (Wildman–Crippen LogP) is 4.57. The molecule has 1 atom stereocenters. The van der Waals surface area contributed by atoms with Gasteiger partial charge in [0.05, 0.1) is 0 Å². The van der Waals surface area contributed by atoms with E-state index in [1.807, 2.05) is 0 Å². The molecule has 0 aromatic heterocycles. The van der Waals surface area contributed by atoms with Gasteiger partial charge in [-0.05, 0) is 42.5 Å². The van der Waals surface area contributed by atoms with E-state index in [1.165, 1.54) is 16.7 Å². The van der Waals surface area contributed by atoms with Crippen LogP contribution in [0.3, 0.4) is 0 Å². The van der Waals surface area contributed by atoms with Crippen molar-refractivity contribution in [3.8, 4) is 0 Å². The molecule has 0 saturated carbocycles. The Kier molecular flexibility index (Phi) is 6.01. The zero-order chi connectivity index (χ0) is 15.1. The predicted molar refractivity (Wildman–Crippen MR) is 91.8 cm³/mol. The van der Waals surface area contributed by atoms with Crippen LogP contribution in [0.5, 0.6) is 0 Å². The van der Waals surface area contributed by atoms with Crippen LogP contribution >= 0.6 is 0 Å². The second kappa shape index (κ2) is 7.99. The van der Waals surface area contributed by atoms with E-state index in [4.69, 9.17) is 0 Å². The average molecular weight is 281 g/mol. The molecule has 1 heteroatoms. The molecule has 1 unspecified atom stereocenters. The van der Waals surface area contributed by atoms with Gasteiger partial charge >= 0.3 is 0 Å². The zero-order valence-corrected chi connectivity index (χ0v) is 13.5. The molecule has 0 amide bonds. The Morgan fingerprint density at radius 1 is 0.857 bits per heavy atom. The summed E-state index contributed by atoms with van der Waals surface area (Å²) < 4.78 is 0. The van der Waals surface area contributed by atoms with E-state index in [-0.39, 0.29) is 0 Å². The van der Waals surface area contributed by atoms with Crippen LogP contribution in [0.25, 0.3) is 0 Å². The topological polar surface area (TPSA) is 12.0 Å². The first-order valence-electron chi connectivity index (χ1n) is 7.97. The SMILES string of the molecule is Cc1ccccc1CC(CNCC(C)C)c1ccccc1. The number of rotatable bonds is 7. The average Bonchev–Trinajstić information content (AvgIpc) is 2.49. The van der Waals surface area contributed by atoms with Gasteiger partial charge in [0.25, 0.3) is 0 Å².